The van der Waals surface area contributed by atoms with Gasteiger partial charge in [-0.2, -0.15) is 5.26 Å². The van der Waals surface area contributed by atoms with Crippen LogP contribution in [-0.4, -0.2) is 57.8 Å². The number of nitrogens with zero attached hydrogens (tertiary/aromatic N) is 2. The lowest BCUT2D eigenvalue weighted by molar-refractivity contribution is -0.299. The average Bonchev–Trinajstić information content (AvgIpc) is 3.38. The molecule has 0 saturated carbocycles. The van der Waals surface area contributed by atoms with E-state index in [9.17, 15) is 4.79 Å². The number of unbranched alkanes of at least 4 members (excludes halogenated alkanes) is 13. The van der Waals surface area contributed by atoms with Crippen LogP contribution >= 0.6 is 9.03 Å². The van der Waals surface area contributed by atoms with Crippen LogP contribution in [-0.2, 0) is 23.6 Å². The second kappa shape index (κ2) is 41.9. The first-order chi connectivity index (χ1) is 19.2. The van der Waals surface area contributed by atoms with E-state index >= 15 is 0 Å². The van der Waals surface area contributed by atoms with Gasteiger partial charge in [0.05, 0.1) is 32.3 Å². The molecule has 1 aliphatic rings. The zero-order chi connectivity index (χ0) is 29.7. The molecule has 234 valence electrons. The molecule has 0 aromatic rings. The molecule has 2 atom stereocenters. The minimum Gasteiger partial charge on any atom is -0.340 e. The Kier molecular flexibility index (Phi) is 46.0. The van der Waals surface area contributed by atoms with Crippen LogP contribution in [0.15, 0.2) is 0 Å². The molecule has 0 spiro atoms. The Morgan fingerprint density at radius 3 is 1.87 bits per heavy atom. The number of nitriles is 1. The van der Waals surface area contributed by atoms with Crippen molar-refractivity contribution in [3.05, 3.63) is 0 Å². The summed E-state index contributed by atoms with van der Waals surface area (Å²) >= 11 is 0. The molecule has 1 saturated heterocycles. The Hall–Kier alpha value is -0.610. The molecule has 1 heterocycles. The number of carbonyl (C=O) groups is 1. The number of aldehydes is 1. The van der Waals surface area contributed by atoms with Crippen molar-refractivity contribution in [2.24, 2.45) is 0 Å². The Labute approximate surface area is 244 Å². The van der Waals surface area contributed by atoms with E-state index < -0.39 is 0 Å². The van der Waals surface area contributed by atoms with Crippen LogP contribution < -0.4 is 0 Å². The van der Waals surface area contributed by atoms with E-state index in [1.54, 1.807) is 7.11 Å². The Morgan fingerprint density at radius 1 is 0.872 bits per heavy atom. The van der Waals surface area contributed by atoms with Crippen molar-refractivity contribution in [3.8, 4) is 6.07 Å². The quantitative estimate of drug-likeness (QED) is 0.0394. The molecule has 0 aromatic carbocycles. The van der Waals surface area contributed by atoms with Crippen LogP contribution in [0.2, 0.25) is 0 Å². The molecule has 8 heteroatoms. The van der Waals surface area contributed by atoms with Gasteiger partial charge in [-0.15, -0.1) is 0 Å². The predicted octanol–water partition coefficient (Wildman–Crippen LogP) is 9.20. The number of hydrogen-bond acceptors (Lipinski definition) is 7. The fourth-order valence-corrected chi connectivity index (χ4v) is 4.20. The van der Waals surface area contributed by atoms with Crippen LogP contribution in [0, 0.1) is 11.3 Å². The van der Waals surface area contributed by atoms with E-state index in [0.717, 1.165) is 32.2 Å². The summed E-state index contributed by atoms with van der Waals surface area (Å²) in [7, 11) is 3.77. The summed E-state index contributed by atoms with van der Waals surface area (Å²) in [6.45, 7) is 11.4. The Morgan fingerprint density at radius 2 is 1.44 bits per heavy atom. The lowest BCUT2D eigenvalue weighted by atomic mass is 10.0. The monoisotopic (exact) mass is 576 g/mol. The van der Waals surface area contributed by atoms with E-state index in [1.165, 1.54) is 96.4 Å². The lowest BCUT2D eigenvalue weighted by Crippen LogP contribution is -2.29. The minimum absolute atomic E-state index is 0.0736. The number of likely N-dealkylation sites (tertiary alicyclic amines) is 1. The smallest absolute Gasteiger partial charge is 0.154 e. The fraction of sp³-hybridized carbons (Fsp3) is 0.935. The van der Waals surface area contributed by atoms with Crippen LogP contribution in [0.3, 0.4) is 0 Å². The molecule has 0 bridgehead atoms. The topological polar surface area (TPSA) is 81.0 Å². The van der Waals surface area contributed by atoms with Gasteiger partial charge in [-0.3, -0.25) is 0 Å². The van der Waals surface area contributed by atoms with Gasteiger partial charge < -0.3 is 18.7 Å². The SMILES string of the molecule is CC.CCCCCCCCCCCCCCCC=O.CCCOOCC1CCCN1C.COPOCCC#N. The summed E-state index contributed by atoms with van der Waals surface area (Å²) in [5.41, 5.74) is 0. The van der Waals surface area contributed by atoms with Crippen molar-refractivity contribution in [2.45, 2.75) is 149 Å². The van der Waals surface area contributed by atoms with Crippen LogP contribution in [0.4, 0.5) is 0 Å². The number of hydrogen-bond donors (Lipinski definition) is 0. The van der Waals surface area contributed by atoms with E-state index in [0.29, 0.717) is 25.7 Å². The standard InChI is InChI=1S/C16H32O.C9H19NO2.C4H8NO2P.C2H6/c1-2-3-4-5-6-7-8-9-10-11-12-13-14-15-16-17;1-3-7-11-12-8-9-5-4-6-10(9)2;1-6-8-7-4-2-3-5;1-2/h16H,2-15H2,1H3;9H,3-8H2,1-2H3;8H,2,4H2,1H3;1-2H3. The number of carbonyl (C=O) groups excluding carboxylic acids is 1. The van der Waals surface area contributed by atoms with E-state index in [-0.39, 0.29) is 9.03 Å². The third kappa shape index (κ3) is 39.6. The lowest BCUT2D eigenvalue weighted by Gasteiger charge is -2.18. The van der Waals surface area contributed by atoms with Crippen molar-refractivity contribution in [1.29, 1.82) is 5.26 Å². The van der Waals surface area contributed by atoms with Crippen molar-refractivity contribution in [3.63, 3.8) is 0 Å². The van der Waals surface area contributed by atoms with Crippen molar-refractivity contribution < 1.29 is 23.6 Å². The maximum absolute atomic E-state index is 10.1. The largest absolute Gasteiger partial charge is 0.340 e. The molecule has 7 nitrogen and oxygen atoms in total. The maximum Gasteiger partial charge on any atom is 0.154 e. The van der Waals surface area contributed by atoms with Crippen LogP contribution in [0.25, 0.3) is 0 Å². The van der Waals surface area contributed by atoms with Crippen LogP contribution in [0.1, 0.15) is 143 Å². The van der Waals surface area contributed by atoms with Gasteiger partial charge in [0, 0.05) is 19.6 Å². The Bertz CT molecular complexity index is 480. The van der Waals surface area contributed by atoms with Gasteiger partial charge >= 0.3 is 0 Å². The normalized spacial score (nSPS) is 14.5. The van der Waals surface area contributed by atoms with Gasteiger partial charge in [0.2, 0.25) is 0 Å². The van der Waals surface area contributed by atoms with Gasteiger partial charge in [0.15, 0.2) is 9.03 Å². The number of rotatable bonds is 23. The van der Waals surface area contributed by atoms with E-state index in [1.807, 2.05) is 19.9 Å². The summed E-state index contributed by atoms with van der Waals surface area (Å²) < 4.78 is 9.39. The summed E-state index contributed by atoms with van der Waals surface area (Å²) in [5.74, 6) is 0. The molecule has 0 N–H and O–H groups in total. The molecule has 39 heavy (non-hydrogen) atoms. The van der Waals surface area contributed by atoms with Gasteiger partial charge in [0.25, 0.3) is 0 Å². The first kappa shape index (κ1) is 42.9. The average molecular weight is 577 g/mol. The minimum atomic E-state index is 0.0736. The summed E-state index contributed by atoms with van der Waals surface area (Å²) in [6.07, 6.45) is 23.6. The van der Waals surface area contributed by atoms with E-state index in [4.69, 9.17) is 19.6 Å². The zero-order valence-electron chi connectivity index (χ0n) is 26.6. The summed E-state index contributed by atoms with van der Waals surface area (Å²) in [6, 6.07) is 2.52. The zero-order valence-corrected chi connectivity index (χ0v) is 27.6. The van der Waals surface area contributed by atoms with Crippen molar-refractivity contribution >= 4 is 15.3 Å². The van der Waals surface area contributed by atoms with Gasteiger partial charge in [-0.1, -0.05) is 105 Å². The highest BCUT2D eigenvalue weighted by molar-refractivity contribution is 7.26. The van der Waals surface area contributed by atoms with Gasteiger partial charge in [-0.25, -0.2) is 9.78 Å². The fourth-order valence-electron chi connectivity index (χ4n) is 3.90. The molecule has 0 radical (unpaired) electrons. The molecule has 0 amide bonds. The highest BCUT2D eigenvalue weighted by atomic mass is 31.1. The second-order valence-electron chi connectivity index (χ2n) is 9.63. The molecular formula is C31H65N2O5P. The predicted molar refractivity (Wildman–Crippen MR) is 167 cm³/mol. The molecular weight excluding hydrogens is 511 g/mol. The first-order valence-corrected chi connectivity index (χ1v) is 16.6. The van der Waals surface area contributed by atoms with Crippen molar-refractivity contribution in [2.75, 3.05) is 40.5 Å². The van der Waals surface area contributed by atoms with Crippen LogP contribution in [0.5, 0.6) is 0 Å². The molecule has 2 unspecified atom stereocenters. The molecule has 0 aliphatic carbocycles. The highest BCUT2D eigenvalue weighted by Gasteiger charge is 2.20. The van der Waals surface area contributed by atoms with Gasteiger partial charge in [0.1, 0.15) is 6.29 Å². The summed E-state index contributed by atoms with van der Waals surface area (Å²) in [5, 5.41) is 8.00. The molecule has 0 aromatic heterocycles. The maximum atomic E-state index is 10.1. The third-order valence-corrected chi connectivity index (χ3v) is 6.68. The highest BCUT2D eigenvalue weighted by Crippen LogP contribution is 2.15. The third-order valence-electron chi connectivity index (χ3n) is 6.19. The second-order valence-corrected chi connectivity index (χ2v) is 10.5. The molecule has 1 fully saturated rings. The van der Waals surface area contributed by atoms with Gasteiger partial charge in [-0.05, 0) is 39.3 Å². The van der Waals surface area contributed by atoms with E-state index in [2.05, 4.69) is 30.3 Å². The summed E-state index contributed by atoms with van der Waals surface area (Å²) in [4.78, 5) is 22.5. The molecule has 1 rings (SSSR count). The number of likely N-dealkylation sites (N-methyl/N-ethyl adjacent to an activating group) is 1. The molecule has 1 aliphatic heterocycles. The Balaban J connectivity index is -0.000000513. The first-order valence-electron chi connectivity index (χ1n) is 15.8. The van der Waals surface area contributed by atoms with Crippen molar-refractivity contribution in [1.82, 2.24) is 4.90 Å².